The molecule has 2 fully saturated rings. The second kappa shape index (κ2) is 6.45. The van der Waals surface area contributed by atoms with E-state index in [2.05, 4.69) is 15.2 Å². The van der Waals surface area contributed by atoms with Crippen molar-refractivity contribution in [1.29, 1.82) is 0 Å². The van der Waals surface area contributed by atoms with Gasteiger partial charge in [-0.2, -0.15) is 0 Å². The van der Waals surface area contributed by atoms with Crippen molar-refractivity contribution in [2.24, 2.45) is 0 Å². The maximum absolute atomic E-state index is 5.50. The summed E-state index contributed by atoms with van der Waals surface area (Å²) in [5.41, 5.74) is 6.69. The van der Waals surface area contributed by atoms with Gasteiger partial charge >= 0.3 is 0 Å². The molecule has 4 heteroatoms. The van der Waals surface area contributed by atoms with Crippen molar-refractivity contribution in [2.45, 2.75) is 25.7 Å². The van der Waals surface area contributed by atoms with Gasteiger partial charge in [-0.1, -0.05) is 0 Å². The first kappa shape index (κ1) is 12.2. The molecule has 3 rings (SSSR count). The van der Waals surface area contributed by atoms with Gasteiger partial charge in [0, 0.05) is 13.1 Å². The highest BCUT2D eigenvalue weighted by Crippen LogP contribution is 2.19. The highest BCUT2D eigenvalue weighted by Gasteiger charge is 2.11. The fraction of sp³-hybridized carbons (Fsp3) is 0.615. The van der Waals surface area contributed by atoms with Crippen molar-refractivity contribution in [1.82, 2.24) is 10.3 Å². The van der Waals surface area contributed by atoms with Crippen LogP contribution < -0.4 is 16.0 Å². The van der Waals surface area contributed by atoms with Gasteiger partial charge in [0.15, 0.2) is 0 Å². The molecule has 0 radical (unpaired) electrons. The Morgan fingerprint density at radius 3 is 2.24 bits per heavy atom. The summed E-state index contributed by atoms with van der Waals surface area (Å²) in [5, 5.41) is 3.22. The van der Waals surface area contributed by atoms with E-state index >= 15 is 0 Å². The fourth-order valence-electron chi connectivity index (χ4n) is 2.18. The topological polar surface area (TPSA) is 54.2 Å². The molecule has 1 aromatic heterocycles. The van der Waals surface area contributed by atoms with Crippen molar-refractivity contribution in [2.75, 3.05) is 36.8 Å². The Morgan fingerprint density at radius 2 is 1.76 bits per heavy atom. The van der Waals surface area contributed by atoms with Crippen LogP contribution in [0.15, 0.2) is 18.3 Å². The molecule has 0 aromatic carbocycles. The van der Waals surface area contributed by atoms with E-state index in [0.29, 0.717) is 5.82 Å². The molecular formula is C13H22N4. The molecular weight excluding hydrogens is 212 g/mol. The lowest BCUT2D eigenvalue weighted by Gasteiger charge is -2.16. The number of aromatic nitrogens is 1. The average molecular weight is 234 g/mol. The van der Waals surface area contributed by atoms with Gasteiger partial charge in [0.25, 0.3) is 0 Å². The van der Waals surface area contributed by atoms with Crippen LogP contribution in [0.5, 0.6) is 0 Å². The molecule has 2 aliphatic rings. The van der Waals surface area contributed by atoms with Crippen LogP contribution >= 0.6 is 0 Å². The number of pyridine rings is 1. The molecule has 0 atom stereocenters. The Balaban J connectivity index is 0.000000181. The fourth-order valence-corrected chi connectivity index (χ4v) is 2.18. The molecule has 2 aliphatic heterocycles. The zero-order valence-corrected chi connectivity index (χ0v) is 10.4. The third-order valence-corrected chi connectivity index (χ3v) is 3.20. The molecule has 3 N–H and O–H groups in total. The highest BCUT2D eigenvalue weighted by molar-refractivity contribution is 5.48. The van der Waals surface area contributed by atoms with Crippen molar-refractivity contribution in [3.05, 3.63) is 18.3 Å². The van der Waals surface area contributed by atoms with Crippen LogP contribution in [-0.4, -0.2) is 31.2 Å². The van der Waals surface area contributed by atoms with E-state index in [1.54, 1.807) is 0 Å². The number of nitrogens with two attached hydrogens (primary N) is 1. The van der Waals surface area contributed by atoms with Crippen LogP contribution in [-0.2, 0) is 0 Å². The predicted molar refractivity (Wildman–Crippen MR) is 72.2 cm³/mol. The summed E-state index contributed by atoms with van der Waals surface area (Å²) in [6.07, 6.45) is 7.22. The second-order valence-electron chi connectivity index (χ2n) is 4.59. The van der Waals surface area contributed by atoms with Gasteiger partial charge in [0.2, 0.25) is 0 Å². The van der Waals surface area contributed by atoms with Crippen LogP contribution in [0.25, 0.3) is 0 Å². The summed E-state index contributed by atoms with van der Waals surface area (Å²) in [5.74, 6) is 0.595. The van der Waals surface area contributed by atoms with Gasteiger partial charge < -0.3 is 16.0 Å². The maximum atomic E-state index is 5.50. The highest BCUT2D eigenvalue weighted by atomic mass is 15.1. The Labute approximate surface area is 103 Å². The van der Waals surface area contributed by atoms with E-state index in [-0.39, 0.29) is 0 Å². The standard InChI is InChI=1S/C9H13N3.C4H9N/c10-9-4-3-8(7-11-9)12-5-1-2-6-12;1-2-4-5-3-1/h3-4,7H,1-2,5-6H2,(H2,10,11);5H,1-4H2. The number of nitrogens with one attached hydrogen (secondary N) is 1. The number of hydrogen-bond donors (Lipinski definition) is 2. The van der Waals surface area contributed by atoms with Gasteiger partial charge in [-0.05, 0) is 50.9 Å². The van der Waals surface area contributed by atoms with E-state index in [9.17, 15) is 0 Å². The predicted octanol–water partition coefficient (Wildman–Crippen LogP) is 1.63. The van der Waals surface area contributed by atoms with E-state index in [4.69, 9.17) is 5.73 Å². The Hall–Kier alpha value is -1.29. The summed E-state index contributed by atoms with van der Waals surface area (Å²) in [6, 6.07) is 3.89. The Bertz CT molecular complexity index is 305. The summed E-state index contributed by atoms with van der Waals surface area (Å²) < 4.78 is 0. The van der Waals surface area contributed by atoms with Gasteiger partial charge in [-0.25, -0.2) is 4.98 Å². The monoisotopic (exact) mass is 234 g/mol. The van der Waals surface area contributed by atoms with E-state index in [1.807, 2.05) is 18.3 Å². The van der Waals surface area contributed by atoms with Crippen LogP contribution in [0.2, 0.25) is 0 Å². The molecule has 0 amide bonds. The zero-order valence-electron chi connectivity index (χ0n) is 10.4. The third-order valence-electron chi connectivity index (χ3n) is 3.20. The summed E-state index contributed by atoms with van der Waals surface area (Å²) >= 11 is 0. The number of nitrogen functional groups attached to an aromatic ring is 1. The van der Waals surface area contributed by atoms with Crippen LogP contribution in [0.1, 0.15) is 25.7 Å². The zero-order chi connectivity index (χ0) is 11.9. The lowest BCUT2D eigenvalue weighted by molar-refractivity contribution is 0.857. The number of hydrogen-bond acceptors (Lipinski definition) is 4. The minimum absolute atomic E-state index is 0.595. The molecule has 17 heavy (non-hydrogen) atoms. The lowest BCUT2D eigenvalue weighted by Crippen LogP contribution is -2.17. The van der Waals surface area contributed by atoms with Gasteiger partial charge in [-0.3, -0.25) is 0 Å². The molecule has 1 aromatic rings. The first-order valence-electron chi connectivity index (χ1n) is 6.53. The van der Waals surface area contributed by atoms with Crippen molar-refractivity contribution < 1.29 is 0 Å². The maximum Gasteiger partial charge on any atom is 0.123 e. The molecule has 0 bridgehead atoms. The van der Waals surface area contributed by atoms with Gasteiger partial charge in [0.1, 0.15) is 5.82 Å². The van der Waals surface area contributed by atoms with Crippen molar-refractivity contribution in [3.63, 3.8) is 0 Å². The molecule has 2 saturated heterocycles. The minimum atomic E-state index is 0.595. The van der Waals surface area contributed by atoms with Crippen molar-refractivity contribution >= 4 is 11.5 Å². The molecule has 94 valence electrons. The summed E-state index contributed by atoms with van der Waals surface area (Å²) in [6.45, 7) is 4.82. The quantitative estimate of drug-likeness (QED) is 0.775. The number of nitrogens with zero attached hydrogens (tertiary/aromatic N) is 2. The average Bonchev–Trinajstić information content (AvgIpc) is 3.06. The SMILES string of the molecule is C1CCNC1.Nc1ccc(N2CCCC2)cn1. The van der Waals surface area contributed by atoms with Gasteiger partial charge in [-0.15, -0.1) is 0 Å². The molecule has 0 saturated carbocycles. The largest absolute Gasteiger partial charge is 0.384 e. The molecule has 0 aliphatic carbocycles. The van der Waals surface area contributed by atoms with Crippen molar-refractivity contribution in [3.8, 4) is 0 Å². The van der Waals surface area contributed by atoms with Crippen LogP contribution in [0, 0.1) is 0 Å². The number of rotatable bonds is 1. The lowest BCUT2D eigenvalue weighted by atomic mass is 10.4. The molecule has 3 heterocycles. The Kier molecular flexibility index (Phi) is 4.62. The molecule has 0 unspecified atom stereocenters. The Morgan fingerprint density at radius 1 is 1.06 bits per heavy atom. The van der Waals surface area contributed by atoms with Gasteiger partial charge in [0.05, 0.1) is 11.9 Å². The summed E-state index contributed by atoms with van der Waals surface area (Å²) in [4.78, 5) is 6.40. The third kappa shape index (κ3) is 3.89. The first-order chi connectivity index (χ1) is 8.36. The first-order valence-corrected chi connectivity index (χ1v) is 6.53. The van der Waals surface area contributed by atoms with E-state index in [0.717, 1.165) is 13.1 Å². The van der Waals surface area contributed by atoms with Crippen LogP contribution in [0.4, 0.5) is 11.5 Å². The number of anilines is 2. The van der Waals surface area contributed by atoms with E-state index < -0.39 is 0 Å². The second-order valence-corrected chi connectivity index (χ2v) is 4.59. The minimum Gasteiger partial charge on any atom is -0.384 e. The molecule has 0 spiro atoms. The van der Waals surface area contributed by atoms with Crippen LogP contribution in [0.3, 0.4) is 0 Å². The molecule has 4 nitrogen and oxygen atoms in total. The smallest absolute Gasteiger partial charge is 0.123 e. The normalized spacial score (nSPS) is 18.9. The summed E-state index contributed by atoms with van der Waals surface area (Å²) in [7, 11) is 0. The van der Waals surface area contributed by atoms with E-state index in [1.165, 1.54) is 44.5 Å².